The van der Waals surface area contributed by atoms with Crippen molar-refractivity contribution >= 4 is 17.3 Å². The van der Waals surface area contributed by atoms with Gasteiger partial charge < -0.3 is 5.11 Å². The molecule has 0 bridgehead atoms. The molecule has 1 N–H and O–H groups in total. The molecule has 0 spiro atoms. The third kappa shape index (κ3) is 1.99. The number of aliphatic hydroxyl groups excluding tert-OH is 1. The van der Waals surface area contributed by atoms with Gasteiger partial charge in [0.05, 0.1) is 0 Å². The van der Waals surface area contributed by atoms with Gasteiger partial charge in [-0.15, -0.1) is 6.58 Å². The van der Waals surface area contributed by atoms with Crippen LogP contribution in [0.25, 0.3) is 5.76 Å². The number of hydrogen-bond acceptors (Lipinski definition) is 3. The Bertz CT molecular complexity index is 579. The van der Waals surface area contributed by atoms with E-state index in [-0.39, 0.29) is 16.9 Å². The van der Waals surface area contributed by atoms with Crippen LogP contribution < -0.4 is 0 Å². The lowest BCUT2D eigenvalue weighted by Gasteiger charge is -2.17. The zero-order chi connectivity index (χ0) is 13.3. The number of allylic oxidation sites excluding steroid dienone is 2. The van der Waals surface area contributed by atoms with E-state index in [9.17, 15) is 14.7 Å². The minimum atomic E-state index is -0.604. The standard InChI is InChI=1S/C15H14O3/c1-9(2)7-8-12-13(16)10-5-3-4-6-11(10)14(17)15(12)18/h3-6,16H,1,7-8H2,2H3. The highest BCUT2D eigenvalue weighted by Crippen LogP contribution is 2.30. The molecule has 0 saturated heterocycles. The third-order valence-corrected chi connectivity index (χ3v) is 2.99. The molecule has 1 aromatic rings. The molecule has 3 nitrogen and oxygen atoms in total. The Morgan fingerprint density at radius 1 is 1.17 bits per heavy atom. The molecule has 0 radical (unpaired) electrons. The van der Waals surface area contributed by atoms with Crippen molar-refractivity contribution in [2.45, 2.75) is 19.8 Å². The second-order valence-electron chi connectivity index (χ2n) is 4.49. The van der Waals surface area contributed by atoms with E-state index in [4.69, 9.17) is 0 Å². The van der Waals surface area contributed by atoms with E-state index in [1.54, 1.807) is 24.3 Å². The van der Waals surface area contributed by atoms with Gasteiger partial charge in [-0.25, -0.2) is 0 Å². The fourth-order valence-corrected chi connectivity index (χ4v) is 1.99. The zero-order valence-corrected chi connectivity index (χ0v) is 10.2. The predicted octanol–water partition coefficient (Wildman–Crippen LogP) is 3.08. The lowest BCUT2D eigenvalue weighted by Crippen LogP contribution is -2.24. The zero-order valence-electron chi connectivity index (χ0n) is 10.2. The maximum absolute atomic E-state index is 11.9. The van der Waals surface area contributed by atoms with Crippen LogP contribution in [-0.4, -0.2) is 16.7 Å². The van der Waals surface area contributed by atoms with Crippen LogP contribution in [0.2, 0.25) is 0 Å². The van der Waals surface area contributed by atoms with Crippen LogP contribution in [0.5, 0.6) is 0 Å². The molecule has 0 atom stereocenters. The third-order valence-electron chi connectivity index (χ3n) is 2.99. The van der Waals surface area contributed by atoms with Gasteiger partial charge >= 0.3 is 0 Å². The van der Waals surface area contributed by atoms with Gasteiger partial charge in [-0.3, -0.25) is 9.59 Å². The Labute approximate surface area is 105 Å². The highest BCUT2D eigenvalue weighted by molar-refractivity contribution is 6.52. The van der Waals surface area contributed by atoms with Crippen LogP contribution in [0, 0.1) is 0 Å². The van der Waals surface area contributed by atoms with Gasteiger partial charge in [0.25, 0.3) is 0 Å². The second-order valence-corrected chi connectivity index (χ2v) is 4.49. The highest BCUT2D eigenvalue weighted by Gasteiger charge is 2.31. The number of benzene rings is 1. The van der Waals surface area contributed by atoms with Crippen molar-refractivity contribution in [2.75, 3.05) is 0 Å². The predicted molar refractivity (Wildman–Crippen MR) is 69.4 cm³/mol. The molecule has 18 heavy (non-hydrogen) atoms. The molecule has 0 fully saturated rings. The maximum Gasteiger partial charge on any atom is 0.234 e. The summed E-state index contributed by atoms with van der Waals surface area (Å²) in [5.41, 5.74) is 1.83. The Balaban J connectivity index is 2.48. The molecule has 92 valence electrons. The molecule has 1 aliphatic rings. The summed E-state index contributed by atoms with van der Waals surface area (Å²) in [6.45, 7) is 5.60. The van der Waals surface area contributed by atoms with Gasteiger partial charge in [0, 0.05) is 16.7 Å². The van der Waals surface area contributed by atoms with Crippen LogP contribution in [0.4, 0.5) is 0 Å². The molecule has 0 amide bonds. The van der Waals surface area contributed by atoms with Crippen molar-refractivity contribution < 1.29 is 14.7 Å². The smallest absolute Gasteiger partial charge is 0.234 e. The number of ketones is 2. The Hall–Kier alpha value is -2.16. The van der Waals surface area contributed by atoms with Gasteiger partial charge in [-0.2, -0.15) is 0 Å². The topological polar surface area (TPSA) is 54.4 Å². The summed E-state index contributed by atoms with van der Waals surface area (Å²) >= 11 is 0. The van der Waals surface area contributed by atoms with E-state index < -0.39 is 11.6 Å². The number of Topliss-reactive ketones (excluding diaryl/α,β-unsaturated/α-hetero) is 2. The first-order valence-corrected chi connectivity index (χ1v) is 5.77. The normalized spacial score (nSPS) is 14.7. The molecular weight excluding hydrogens is 228 g/mol. The van der Waals surface area contributed by atoms with Gasteiger partial charge in [-0.1, -0.05) is 29.8 Å². The molecule has 0 saturated carbocycles. The molecule has 1 aromatic carbocycles. The Morgan fingerprint density at radius 2 is 1.78 bits per heavy atom. The highest BCUT2D eigenvalue weighted by atomic mass is 16.3. The van der Waals surface area contributed by atoms with E-state index in [0.717, 1.165) is 5.57 Å². The molecule has 0 heterocycles. The summed E-state index contributed by atoms with van der Waals surface area (Å²) in [4.78, 5) is 23.8. The van der Waals surface area contributed by atoms with Crippen LogP contribution in [0.15, 0.2) is 42.0 Å². The summed E-state index contributed by atoms with van der Waals surface area (Å²) in [6.07, 6.45) is 0.931. The number of fused-ring (bicyclic) bond motifs is 1. The van der Waals surface area contributed by atoms with Gasteiger partial charge in [0.2, 0.25) is 11.6 Å². The van der Waals surface area contributed by atoms with Crippen LogP contribution in [-0.2, 0) is 4.79 Å². The summed E-state index contributed by atoms with van der Waals surface area (Å²) in [6, 6.07) is 6.61. The lowest BCUT2D eigenvalue weighted by atomic mass is 9.86. The van der Waals surface area contributed by atoms with Gasteiger partial charge in [0.15, 0.2) is 0 Å². The quantitative estimate of drug-likeness (QED) is 0.654. The Morgan fingerprint density at radius 3 is 2.39 bits per heavy atom. The van der Waals surface area contributed by atoms with E-state index in [0.29, 0.717) is 18.4 Å². The van der Waals surface area contributed by atoms with Crippen molar-refractivity contribution in [1.82, 2.24) is 0 Å². The average molecular weight is 242 g/mol. The van der Waals surface area contributed by atoms with E-state index in [1.807, 2.05) is 6.92 Å². The van der Waals surface area contributed by atoms with Crippen molar-refractivity contribution in [3.63, 3.8) is 0 Å². The first kappa shape index (κ1) is 12.3. The first-order chi connectivity index (χ1) is 8.52. The number of rotatable bonds is 3. The van der Waals surface area contributed by atoms with Crippen molar-refractivity contribution in [2.24, 2.45) is 0 Å². The molecule has 1 aliphatic carbocycles. The van der Waals surface area contributed by atoms with Crippen LogP contribution in [0.3, 0.4) is 0 Å². The van der Waals surface area contributed by atoms with Gasteiger partial charge in [-0.05, 0) is 19.8 Å². The van der Waals surface area contributed by atoms with Crippen molar-refractivity contribution in [3.8, 4) is 0 Å². The minimum absolute atomic E-state index is 0.0727. The molecular formula is C15H14O3. The molecule has 2 rings (SSSR count). The fraction of sp³-hybridized carbons (Fsp3) is 0.200. The monoisotopic (exact) mass is 242 g/mol. The number of hydrogen-bond donors (Lipinski definition) is 1. The van der Waals surface area contributed by atoms with Crippen LogP contribution >= 0.6 is 0 Å². The maximum atomic E-state index is 11.9. The molecule has 0 aliphatic heterocycles. The average Bonchev–Trinajstić information content (AvgIpc) is 2.36. The number of aliphatic hydroxyl groups is 1. The number of carbonyl (C=O) groups excluding carboxylic acids is 2. The minimum Gasteiger partial charge on any atom is -0.507 e. The first-order valence-electron chi connectivity index (χ1n) is 5.77. The van der Waals surface area contributed by atoms with Crippen molar-refractivity contribution in [1.29, 1.82) is 0 Å². The summed E-state index contributed by atoms with van der Waals surface area (Å²) in [7, 11) is 0. The van der Waals surface area contributed by atoms with E-state index in [1.165, 1.54) is 0 Å². The van der Waals surface area contributed by atoms with E-state index >= 15 is 0 Å². The van der Waals surface area contributed by atoms with Gasteiger partial charge in [0.1, 0.15) is 5.76 Å². The molecule has 0 unspecified atom stereocenters. The van der Waals surface area contributed by atoms with Crippen LogP contribution in [0.1, 0.15) is 35.7 Å². The Kier molecular flexibility index (Phi) is 3.15. The number of carbonyl (C=O) groups is 2. The van der Waals surface area contributed by atoms with E-state index in [2.05, 4.69) is 6.58 Å². The summed E-state index contributed by atoms with van der Waals surface area (Å²) < 4.78 is 0. The fourth-order valence-electron chi connectivity index (χ4n) is 1.99. The largest absolute Gasteiger partial charge is 0.507 e. The molecule has 3 heteroatoms. The summed E-state index contributed by atoms with van der Waals surface area (Å²) in [5, 5.41) is 10.1. The SMILES string of the molecule is C=C(C)CCC1=C(O)c2ccccc2C(=O)C1=O. The molecule has 0 aromatic heterocycles. The van der Waals surface area contributed by atoms with Crippen molar-refractivity contribution in [3.05, 3.63) is 53.1 Å². The second kappa shape index (κ2) is 4.61. The summed E-state index contributed by atoms with van der Waals surface area (Å²) in [5.74, 6) is -1.22. The lowest BCUT2D eigenvalue weighted by molar-refractivity contribution is -0.112.